The van der Waals surface area contributed by atoms with E-state index in [-0.39, 0.29) is 0 Å². The van der Waals surface area contributed by atoms with Gasteiger partial charge in [-0.15, -0.1) is 0 Å². The van der Waals surface area contributed by atoms with Gasteiger partial charge in [0, 0.05) is 26.7 Å². The normalized spacial score (nSPS) is 15.7. The molecule has 1 aliphatic carbocycles. The number of furan rings is 1. The lowest BCUT2D eigenvalue weighted by Gasteiger charge is -2.04. The topological polar surface area (TPSA) is 41.8 Å². The number of H-pyrrole nitrogens is 1. The lowest BCUT2D eigenvalue weighted by atomic mass is 10.1. The second-order valence-electron chi connectivity index (χ2n) is 6.62. The lowest BCUT2D eigenvalue weighted by Crippen LogP contribution is -1.94. The van der Waals surface area contributed by atoms with Gasteiger partial charge in [0.15, 0.2) is 0 Å². The maximum Gasteiger partial charge on any atom is 0.136 e. The predicted octanol–water partition coefficient (Wildman–Crippen LogP) is 6.40. The van der Waals surface area contributed by atoms with E-state index in [0.717, 1.165) is 43.5 Å². The van der Waals surface area contributed by atoms with Crippen molar-refractivity contribution in [2.45, 2.75) is 31.6 Å². The van der Waals surface area contributed by atoms with Gasteiger partial charge in [0.05, 0.1) is 11.9 Å². The van der Waals surface area contributed by atoms with E-state index in [1.165, 1.54) is 25.7 Å². The van der Waals surface area contributed by atoms with Crippen LogP contribution in [0.5, 0.6) is 0 Å². The van der Waals surface area contributed by atoms with Gasteiger partial charge in [0.1, 0.15) is 17.0 Å². The van der Waals surface area contributed by atoms with Gasteiger partial charge in [0.2, 0.25) is 0 Å². The smallest absolute Gasteiger partial charge is 0.136 e. The molecule has 4 aromatic rings. The number of nitrogens with zero attached hydrogens (tertiary/aromatic N) is 1. The number of aromatic amines is 1. The molecule has 2 aromatic carbocycles. The quantitative estimate of drug-likeness (QED) is 0.437. The van der Waals surface area contributed by atoms with Crippen molar-refractivity contribution < 1.29 is 4.42 Å². The number of nitrogens with one attached hydrogen (secondary N) is 1. The number of hydrogen-bond acceptors (Lipinski definition) is 2. The molecule has 4 heteroatoms. The first-order valence-corrected chi connectivity index (χ1v) is 9.24. The SMILES string of the molecule is Brc1ccc2c(c1)oc1cc(-c3cnc(C4CCCC4)[nH]3)ccc12. The summed E-state index contributed by atoms with van der Waals surface area (Å²) in [4.78, 5) is 8.14. The summed E-state index contributed by atoms with van der Waals surface area (Å²) in [7, 11) is 0. The molecule has 1 fully saturated rings. The summed E-state index contributed by atoms with van der Waals surface area (Å²) in [5.41, 5.74) is 4.02. The van der Waals surface area contributed by atoms with Gasteiger partial charge in [0.25, 0.3) is 0 Å². The minimum atomic E-state index is 0.603. The Morgan fingerprint density at radius 1 is 1.00 bits per heavy atom. The van der Waals surface area contributed by atoms with E-state index in [9.17, 15) is 0 Å². The predicted molar refractivity (Wildman–Crippen MR) is 100 cm³/mol. The maximum absolute atomic E-state index is 6.04. The van der Waals surface area contributed by atoms with E-state index < -0.39 is 0 Å². The van der Waals surface area contributed by atoms with Gasteiger partial charge in [-0.05, 0) is 43.2 Å². The lowest BCUT2D eigenvalue weighted by molar-refractivity contribution is 0.668. The van der Waals surface area contributed by atoms with Crippen molar-refractivity contribution in [3.05, 3.63) is 52.9 Å². The molecule has 0 atom stereocenters. The van der Waals surface area contributed by atoms with Crippen LogP contribution in [0.2, 0.25) is 0 Å². The third kappa shape index (κ3) is 2.28. The van der Waals surface area contributed by atoms with Crippen LogP contribution in [-0.2, 0) is 0 Å². The van der Waals surface area contributed by atoms with Crippen LogP contribution in [0.1, 0.15) is 37.4 Å². The summed E-state index contributed by atoms with van der Waals surface area (Å²) in [6, 6.07) is 12.6. The molecule has 3 nitrogen and oxygen atoms in total. The van der Waals surface area contributed by atoms with Crippen molar-refractivity contribution in [1.29, 1.82) is 0 Å². The van der Waals surface area contributed by atoms with Gasteiger partial charge >= 0.3 is 0 Å². The van der Waals surface area contributed by atoms with E-state index in [0.29, 0.717) is 5.92 Å². The van der Waals surface area contributed by atoms with Crippen LogP contribution in [0.4, 0.5) is 0 Å². The van der Waals surface area contributed by atoms with Gasteiger partial charge in [-0.3, -0.25) is 0 Å². The Labute approximate surface area is 148 Å². The minimum Gasteiger partial charge on any atom is -0.456 e. The van der Waals surface area contributed by atoms with Crippen LogP contribution < -0.4 is 0 Å². The molecule has 0 bridgehead atoms. The Morgan fingerprint density at radius 3 is 2.58 bits per heavy atom. The van der Waals surface area contributed by atoms with Crippen LogP contribution in [0.3, 0.4) is 0 Å². The minimum absolute atomic E-state index is 0.603. The summed E-state index contributed by atoms with van der Waals surface area (Å²) < 4.78 is 7.07. The summed E-state index contributed by atoms with van der Waals surface area (Å²) in [6.45, 7) is 0. The second kappa shape index (κ2) is 5.49. The number of imidazole rings is 1. The fraction of sp³-hybridized carbons (Fsp3) is 0.250. The Hall–Kier alpha value is -2.07. The van der Waals surface area contributed by atoms with Crippen LogP contribution >= 0.6 is 15.9 Å². The van der Waals surface area contributed by atoms with Crippen LogP contribution in [0, 0.1) is 0 Å². The molecule has 5 rings (SSSR count). The second-order valence-corrected chi connectivity index (χ2v) is 7.53. The van der Waals surface area contributed by atoms with Crippen molar-refractivity contribution in [3.63, 3.8) is 0 Å². The summed E-state index contributed by atoms with van der Waals surface area (Å²) in [5.74, 6) is 1.74. The number of benzene rings is 2. The van der Waals surface area contributed by atoms with Crippen molar-refractivity contribution in [3.8, 4) is 11.3 Å². The largest absolute Gasteiger partial charge is 0.456 e. The highest BCUT2D eigenvalue weighted by molar-refractivity contribution is 9.10. The van der Waals surface area contributed by atoms with Gasteiger partial charge < -0.3 is 9.40 Å². The molecular formula is C20H17BrN2O. The first kappa shape index (κ1) is 14.3. The zero-order chi connectivity index (χ0) is 16.1. The van der Waals surface area contributed by atoms with Crippen LogP contribution in [0.25, 0.3) is 33.2 Å². The van der Waals surface area contributed by atoms with Crippen molar-refractivity contribution in [2.75, 3.05) is 0 Å². The van der Waals surface area contributed by atoms with E-state index in [2.05, 4.69) is 50.2 Å². The van der Waals surface area contributed by atoms with Gasteiger partial charge in [-0.2, -0.15) is 0 Å². The van der Waals surface area contributed by atoms with E-state index in [1.807, 2.05) is 18.3 Å². The molecule has 1 saturated carbocycles. The van der Waals surface area contributed by atoms with Crippen molar-refractivity contribution in [2.24, 2.45) is 0 Å². The Kier molecular flexibility index (Phi) is 3.27. The summed E-state index contributed by atoms with van der Waals surface area (Å²) >= 11 is 3.50. The Balaban J connectivity index is 1.58. The molecule has 24 heavy (non-hydrogen) atoms. The van der Waals surface area contributed by atoms with Crippen LogP contribution in [0.15, 0.2) is 51.5 Å². The van der Waals surface area contributed by atoms with E-state index in [4.69, 9.17) is 4.42 Å². The third-order valence-electron chi connectivity index (χ3n) is 5.08. The molecule has 0 spiro atoms. The number of aromatic nitrogens is 2. The molecule has 2 aromatic heterocycles. The molecule has 0 amide bonds. The monoisotopic (exact) mass is 380 g/mol. The number of rotatable bonds is 2. The van der Waals surface area contributed by atoms with E-state index in [1.54, 1.807) is 0 Å². The Bertz CT molecular complexity index is 1040. The highest BCUT2D eigenvalue weighted by Gasteiger charge is 2.20. The molecule has 1 aliphatic rings. The maximum atomic E-state index is 6.04. The van der Waals surface area contributed by atoms with Crippen molar-refractivity contribution >= 4 is 37.9 Å². The summed E-state index contributed by atoms with van der Waals surface area (Å²) in [5, 5.41) is 2.30. The number of halogens is 1. The Morgan fingerprint density at radius 2 is 1.75 bits per heavy atom. The number of hydrogen-bond donors (Lipinski definition) is 1. The van der Waals surface area contributed by atoms with Gasteiger partial charge in [-0.1, -0.05) is 34.8 Å². The molecule has 0 saturated heterocycles. The molecule has 2 heterocycles. The first-order chi connectivity index (χ1) is 11.8. The van der Waals surface area contributed by atoms with E-state index >= 15 is 0 Å². The molecule has 0 radical (unpaired) electrons. The van der Waals surface area contributed by atoms with Crippen LogP contribution in [-0.4, -0.2) is 9.97 Å². The number of fused-ring (bicyclic) bond motifs is 3. The zero-order valence-electron chi connectivity index (χ0n) is 13.2. The molecule has 0 aliphatic heterocycles. The van der Waals surface area contributed by atoms with Gasteiger partial charge in [-0.25, -0.2) is 4.98 Å². The standard InChI is InChI=1S/C20H17BrN2O/c21-14-6-8-16-15-7-5-13(9-18(15)24-19(16)10-14)17-11-22-20(23-17)12-3-1-2-4-12/h5-12H,1-4H2,(H,22,23). The zero-order valence-corrected chi connectivity index (χ0v) is 14.8. The molecule has 120 valence electrons. The highest BCUT2D eigenvalue weighted by atomic mass is 79.9. The highest BCUT2D eigenvalue weighted by Crippen LogP contribution is 2.35. The molecule has 0 unspecified atom stereocenters. The van der Waals surface area contributed by atoms with Crippen molar-refractivity contribution in [1.82, 2.24) is 9.97 Å². The first-order valence-electron chi connectivity index (χ1n) is 8.45. The average Bonchev–Trinajstić information content (AvgIpc) is 3.32. The fourth-order valence-electron chi connectivity index (χ4n) is 3.81. The third-order valence-corrected chi connectivity index (χ3v) is 5.58. The fourth-order valence-corrected chi connectivity index (χ4v) is 4.15. The molecule has 1 N–H and O–H groups in total. The summed E-state index contributed by atoms with van der Waals surface area (Å²) in [6.07, 6.45) is 7.10. The average molecular weight is 381 g/mol. The molecular weight excluding hydrogens is 364 g/mol.